The van der Waals surface area contributed by atoms with E-state index in [1.54, 1.807) is 20.8 Å². The van der Waals surface area contributed by atoms with Gasteiger partial charge in [-0.05, 0) is 73.3 Å². The zero-order valence-electron chi connectivity index (χ0n) is 23.9. The lowest BCUT2D eigenvalue weighted by atomic mass is 9.63. The summed E-state index contributed by atoms with van der Waals surface area (Å²) in [4.78, 5) is 38.5. The first-order chi connectivity index (χ1) is 18.0. The first kappa shape index (κ1) is 29.7. The molecule has 1 aliphatic carbocycles. The Balaban J connectivity index is 1.95. The van der Waals surface area contributed by atoms with Gasteiger partial charge in [-0.2, -0.15) is 0 Å². The fourth-order valence-corrected chi connectivity index (χ4v) is 4.72. The maximum atomic E-state index is 13.6. The quantitative estimate of drug-likeness (QED) is 0.283. The Kier molecular flexibility index (Phi) is 8.48. The third-order valence-electron chi connectivity index (χ3n) is 6.95. The summed E-state index contributed by atoms with van der Waals surface area (Å²) in [5.41, 5.74) is 2.31. The van der Waals surface area contributed by atoms with Crippen molar-refractivity contribution in [3.05, 3.63) is 71.3 Å². The monoisotopic (exact) mass is 536 g/mol. The summed E-state index contributed by atoms with van der Waals surface area (Å²) < 4.78 is 10.4. The van der Waals surface area contributed by atoms with Gasteiger partial charge in [-0.15, -0.1) is 0 Å². The first-order valence-corrected chi connectivity index (χ1v) is 13.1. The number of amides is 2. The fourth-order valence-electron chi connectivity index (χ4n) is 4.72. The molecule has 0 radical (unpaired) electrons. The lowest BCUT2D eigenvalue weighted by molar-refractivity contribution is -0.118. The molecule has 8 heteroatoms. The highest BCUT2D eigenvalue weighted by atomic mass is 16.6. The average Bonchev–Trinajstić information content (AvgIpc) is 2.82. The van der Waals surface area contributed by atoms with Crippen LogP contribution in [0.15, 0.2) is 49.1 Å². The van der Waals surface area contributed by atoms with Gasteiger partial charge in [0.25, 0.3) is 5.91 Å². The summed E-state index contributed by atoms with van der Waals surface area (Å²) in [7, 11) is 0. The van der Waals surface area contributed by atoms with Gasteiger partial charge >= 0.3 is 12.1 Å². The fraction of sp³-hybridized carbons (Fsp3) is 0.452. The highest BCUT2D eigenvalue weighted by molar-refractivity contribution is 5.99. The number of nitrogens with one attached hydrogen (secondary N) is 2. The van der Waals surface area contributed by atoms with E-state index in [1.807, 2.05) is 18.2 Å². The number of carbonyl (C=O) groups is 3. The molecule has 2 amide bonds. The molecule has 0 spiro atoms. The minimum absolute atomic E-state index is 0.00351. The Morgan fingerprint density at radius 1 is 1.03 bits per heavy atom. The number of esters is 1. The second-order valence-electron chi connectivity index (χ2n) is 12.3. The maximum Gasteiger partial charge on any atom is 0.408 e. The molecule has 0 aliphatic heterocycles. The lowest BCUT2D eigenvalue weighted by Crippen LogP contribution is -2.40. The molecular weight excluding hydrogens is 496 g/mol. The van der Waals surface area contributed by atoms with Crippen LogP contribution in [0.25, 0.3) is 0 Å². The Hall–Kier alpha value is -3.81. The van der Waals surface area contributed by atoms with Gasteiger partial charge in [0.1, 0.15) is 29.6 Å². The summed E-state index contributed by atoms with van der Waals surface area (Å²) in [6.07, 6.45) is 2.73. The molecule has 3 N–H and O–H groups in total. The number of carbonyl (C=O) groups excluding carboxylic acids is 3. The van der Waals surface area contributed by atoms with Crippen LogP contribution in [0.2, 0.25) is 0 Å². The van der Waals surface area contributed by atoms with Crippen molar-refractivity contribution in [1.29, 1.82) is 0 Å². The van der Waals surface area contributed by atoms with Crippen LogP contribution in [-0.4, -0.2) is 35.3 Å². The number of benzene rings is 2. The average molecular weight is 537 g/mol. The number of alkyl carbamates (subject to hydrolysis) is 1. The van der Waals surface area contributed by atoms with Crippen molar-refractivity contribution in [3.8, 4) is 5.75 Å². The molecule has 1 atom stereocenters. The van der Waals surface area contributed by atoms with E-state index in [0.717, 1.165) is 18.4 Å². The third-order valence-corrected chi connectivity index (χ3v) is 6.95. The van der Waals surface area contributed by atoms with Crippen molar-refractivity contribution in [2.75, 3.05) is 11.9 Å². The Morgan fingerprint density at radius 2 is 1.67 bits per heavy atom. The number of aromatic hydroxyl groups is 1. The predicted octanol–water partition coefficient (Wildman–Crippen LogP) is 6.29. The number of anilines is 1. The van der Waals surface area contributed by atoms with E-state index in [2.05, 4.69) is 44.9 Å². The summed E-state index contributed by atoms with van der Waals surface area (Å²) in [5, 5.41) is 15.8. The van der Waals surface area contributed by atoms with Crippen LogP contribution in [0.1, 0.15) is 94.4 Å². The molecule has 2 aromatic rings. The molecule has 0 bridgehead atoms. The molecule has 8 nitrogen and oxygen atoms in total. The van der Waals surface area contributed by atoms with Crippen molar-refractivity contribution in [3.63, 3.8) is 0 Å². The molecule has 0 fully saturated rings. The van der Waals surface area contributed by atoms with E-state index >= 15 is 0 Å². The van der Waals surface area contributed by atoms with Gasteiger partial charge in [0.15, 0.2) is 0 Å². The van der Waals surface area contributed by atoms with Crippen LogP contribution in [0.4, 0.5) is 10.5 Å². The smallest absolute Gasteiger partial charge is 0.408 e. The molecule has 3 rings (SSSR count). The molecule has 0 saturated carbocycles. The molecule has 39 heavy (non-hydrogen) atoms. The normalized spacial score (nSPS) is 16.3. The van der Waals surface area contributed by atoms with Crippen molar-refractivity contribution in [2.45, 2.75) is 83.8 Å². The van der Waals surface area contributed by atoms with E-state index in [4.69, 9.17) is 9.47 Å². The summed E-state index contributed by atoms with van der Waals surface area (Å²) in [6, 6.07) is 8.91. The van der Waals surface area contributed by atoms with E-state index in [-0.39, 0.29) is 34.4 Å². The molecule has 210 valence electrons. The van der Waals surface area contributed by atoms with Crippen molar-refractivity contribution >= 4 is 23.7 Å². The van der Waals surface area contributed by atoms with Gasteiger partial charge in [-0.1, -0.05) is 58.5 Å². The van der Waals surface area contributed by atoms with E-state index in [9.17, 15) is 19.5 Å². The van der Waals surface area contributed by atoms with Gasteiger partial charge in [0.2, 0.25) is 0 Å². The SMILES string of the molecule is C=CCOC(=O)c1ccc(NC(=O)C(NC(=O)OC(C)(C)C)c2ccc3c(c2)C(C)(C)CCC3(C)C)cc1O. The largest absolute Gasteiger partial charge is 0.507 e. The molecular formula is C31H40N2O6. The predicted molar refractivity (Wildman–Crippen MR) is 151 cm³/mol. The molecule has 1 aliphatic rings. The molecule has 0 aromatic heterocycles. The van der Waals surface area contributed by atoms with E-state index in [0.29, 0.717) is 5.56 Å². The standard InChI is InChI=1S/C31H40N2O6/c1-9-16-38-27(36)21-12-11-20(18-24(21)34)32-26(35)25(33-28(37)39-29(2,3)4)19-10-13-22-23(17-19)31(7,8)15-14-30(22,5)6/h9-13,17-18,25,34H,1,14-16H2,2-8H3,(H,32,35)(H,33,37). The zero-order valence-corrected chi connectivity index (χ0v) is 23.9. The molecule has 0 saturated heterocycles. The number of phenolic OH excluding ortho intramolecular Hbond substituents is 1. The number of phenols is 1. The molecule has 1 unspecified atom stereocenters. The van der Waals surface area contributed by atoms with Crippen LogP contribution in [0.3, 0.4) is 0 Å². The lowest BCUT2D eigenvalue weighted by Gasteiger charge is -2.42. The topological polar surface area (TPSA) is 114 Å². The Bertz CT molecular complexity index is 1270. The number of fused-ring (bicyclic) bond motifs is 1. The summed E-state index contributed by atoms with van der Waals surface area (Å²) in [5.74, 6) is -1.60. The van der Waals surface area contributed by atoms with Crippen molar-refractivity contribution in [2.24, 2.45) is 0 Å². The van der Waals surface area contributed by atoms with Gasteiger partial charge in [0, 0.05) is 11.8 Å². The highest BCUT2D eigenvalue weighted by Gasteiger charge is 2.38. The first-order valence-electron chi connectivity index (χ1n) is 13.1. The minimum Gasteiger partial charge on any atom is -0.507 e. The van der Waals surface area contributed by atoms with Crippen molar-refractivity contribution in [1.82, 2.24) is 5.32 Å². The Labute approximate surface area is 230 Å². The van der Waals surface area contributed by atoms with Crippen LogP contribution in [0.5, 0.6) is 5.75 Å². The van der Waals surface area contributed by atoms with Gasteiger partial charge in [-0.25, -0.2) is 9.59 Å². The number of ether oxygens (including phenoxy) is 2. The molecule has 2 aromatic carbocycles. The number of hydrogen-bond donors (Lipinski definition) is 3. The van der Waals surface area contributed by atoms with Crippen LogP contribution < -0.4 is 10.6 Å². The zero-order chi connectivity index (χ0) is 29.2. The third kappa shape index (κ3) is 7.19. The summed E-state index contributed by atoms with van der Waals surface area (Å²) in [6.45, 7) is 17.5. The van der Waals surface area contributed by atoms with Crippen LogP contribution in [-0.2, 0) is 25.1 Å². The maximum absolute atomic E-state index is 13.6. The minimum atomic E-state index is -1.08. The van der Waals surface area contributed by atoms with E-state index in [1.165, 1.54) is 29.8 Å². The number of rotatable bonds is 7. The second-order valence-corrected chi connectivity index (χ2v) is 12.3. The Morgan fingerprint density at radius 3 is 2.26 bits per heavy atom. The van der Waals surface area contributed by atoms with Gasteiger partial charge < -0.3 is 25.2 Å². The van der Waals surface area contributed by atoms with Gasteiger partial charge in [-0.3, -0.25) is 4.79 Å². The van der Waals surface area contributed by atoms with Gasteiger partial charge in [0.05, 0.1) is 0 Å². The van der Waals surface area contributed by atoms with Crippen molar-refractivity contribution < 1.29 is 29.0 Å². The second kappa shape index (κ2) is 11.1. The van der Waals surface area contributed by atoms with Crippen LogP contribution >= 0.6 is 0 Å². The summed E-state index contributed by atoms with van der Waals surface area (Å²) >= 11 is 0. The van der Waals surface area contributed by atoms with E-state index < -0.39 is 29.6 Å². The molecule has 0 heterocycles. The van der Waals surface area contributed by atoms with Crippen LogP contribution in [0, 0.1) is 0 Å². The highest BCUT2D eigenvalue weighted by Crippen LogP contribution is 2.46. The number of hydrogen-bond acceptors (Lipinski definition) is 6.